The average molecular weight is 357 g/mol. The molecule has 6 heteroatoms. The fourth-order valence-electron chi connectivity index (χ4n) is 2.09. The van der Waals surface area contributed by atoms with Crippen LogP contribution in [0.3, 0.4) is 0 Å². The lowest BCUT2D eigenvalue weighted by molar-refractivity contribution is -0.112. The summed E-state index contributed by atoms with van der Waals surface area (Å²) in [5.74, 6) is 0.653. The molecule has 25 heavy (non-hydrogen) atoms. The van der Waals surface area contributed by atoms with Gasteiger partial charge in [-0.1, -0.05) is 23.7 Å². The Bertz CT molecular complexity index is 841. The van der Waals surface area contributed by atoms with Crippen molar-refractivity contribution in [3.63, 3.8) is 0 Å². The minimum atomic E-state index is -0.513. The van der Waals surface area contributed by atoms with E-state index in [2.05, 4.69) is 5.32 Å². The van der Waals surface area contributed by atoms with Crippen molar-refractivity contribution < 1.29 is 14.3 Å². The van der Waals surface area contributed by atoms with Gasteiger partial charge >= 0.3 is 0 Å². The number of rotatable bonds is 6. The van der Waals surface area contributed by atoms with Crippen molar-refractivity contribution in [2.75, 3.05) is 19.0 Å². The van der Waals surface area contributed by atoms with E-state index in [1.165, 1.54) is 13.2 Å². The zero-order chi connectivity index (χ0) is 18.2. The number of amides is 1. The van der Waals surface area contributed by atoms with E-state index in [0.29, 0.717) is 34.4 Å². The number of hydrogen-bond acceptors (Lipinski definition) is 4. The van der Waals surface area contributed by atoms with Gasteiger partial charge in [0.05, 0.1) is 18.7 Å². The van der Waals surface area contributed by atoms with E-state index in [4.69, 9.17) is 21.1 Å². The van der Waals surface area contributed by atoms with E-state index in [1.807, 2.05) is 13.0 Å². The van der Waals surface area contributed by atoms with Gasteiger partial charge in [-0.2, -0.15) is 5.26 Å². The fraction of sp³-hybridized carbons (Fsp3) is 0.158. The minimum absolute atomic E-state index is 0.0388. The molecule has 0 saturated carbocycles. The Hall–Kier alpha value is -2.97. The first-order valence-electron chi connectivity index (χ1n) is 7.57. The summed E-state index contributed by atoms with van der Waals surface area (Å²) < 4.78 is 10.5. The van der Waals surface area contributed by atoms with Gasteiger partial charge in [0.1, 0.15) is 23.1 Å². The second-order valence-electron chi connectivity index (χ2n) is 4.98. The fourth-order valence-corrected chi connectivity index (χ4v) is 2.34. The van der Waals surface area contributed by atoms with Crippen LogP contribution in [0.2, 0.25) is 5.02 Å². The highest BCUT2D eigenvalue weighted by Crippen LogP contribution is 2.26. The molecule has 1 amide bonds. The summed E-state index contributed by atoms with van der Waals surface area (Å²) in [7, 11) is 1.54. The zero-order valence-electron chi connectivity index (χ0n) is 13.9. The molecular weight excluding hydrogens is 340 g/mol. The van der Waals surface area contributed by atoms with Gasteiger partial charge in [0.25, 0.3) is 5.91 Å². The van der Waals surface area contributed by atoms with Crippen LogP contribution < -0.4 is 14.8 Å². The number of hydrogen-bond donors (Lipinski definition) is 1. The predicted octanol–water partition coefficient (Wildman–Crippen LogP) is 4.29. The van der Waals surface area contributed by atoms with Crippen LogP contribution >= 0.6 is 11.6 Å². The van der Waals surface area contributed by atoms with Crippen LogP contribution in [0, 0.1) is 11.3 Å². The quantitative estimate of drug-likeness (QED) is 0.619. The summed E-state index contributed by atoms with van der Waals surface area (Å²) in [6, 6.07) is 13.9. The molecule has 0 heterocycles. The molecule has 128 valence electrons. The summed E-state index contributed by atoms with van der Waals surface area (Å²) in [6.45, 7) is 2.36. The average Bonchev–Trinajstić information content (AvgIpc) is 2.62. The second kappa shape index (κ2) is 8.76. The normalized spacial score (nSPS) is 10.7. The molecule has 0 unspecified atom stereocenters. The maximum atomic E-state index is 12.3. The number of methoxy groups -OCH3 is 1. The van der Waals surface area contributed by atoms with Gasteiger partial charge in [-0.15, -0.1) is 0 Å². The molecule has 2 aromatic carbocycles. The lowest BCUT2D eigenvalue weighted by atomic mass is 10.1. The van der Waals surface area contributed by atoms with Crippen molar-refractivity contribution in [1.29, 1.82) is 5.26 Å². The molecule has 0 radical (unpaired) electrons. The topological polar surface area (TPSA) is 71.3 Å². The predicted molar refractivity (Wildman–Crippen MR) is 97.8 cm³/mol. The first-order chi connectivity index (χ1) is 12.1. The number of ether oxygens (including phenoxy) is 2. The number of carbonyl (C=O) groups excluding carboxylic acids is 1. The third kappa shape index (κ3) is 5.00. The Kier molecular flexibility index (Phi) is 6.44. The largest absolute Gasteiger partial charge is 0.497 e. The van der Waals surface area contributed by atoms with Gasteiger partial charge in [-0.3, -0.25) is 4.79 Å². The van der Waals surface area contributed by atoms with Crippen LogP contribution in [0.1, 0.15) is 12.5 Å². The molecular formula is C19H17ClN2O3. The molecule has 0 bridgehead atoms. The first-order valence-corrected chi connectivity index (χ1v) is 7.94. The highest BCUT2D eigenvalue weighted by Gasteiger charge is 2.11. The van der Waals surface area contributed by atoms with Gasteiger partial charge in [-0.25, -0.2) is 0 Å². The summed E-state index contributed by atoms with van der Waals surface area (Å²) >= 11 is 6.13. The standard InChI is InChI=1S/C19H17ClN2O3/c1-3-25-18-8-7-13(10-17(18)20)9-14(12-21)19(23)22-15-5-4-6-16(11-15)24-2/h4-11H,3H2,1-2H3,(H,22,23). The van der Waals surface area contributed by atoms with Crippen molar-refractivity contribution in [1.82, 2.24) is 0 Å². The summed E-state index contributed by atoms with van der Waals surface area (Å²) in [5, 5.41) is 12.4. The number of carbonyl (C=O) groups is 1. The Morgan fingerprint density at radius 2 is 2.12 bits per heavy atom. The monoisotopic (exact) mass is 356 g/mol. The van der Waals surface area contributed by atoms with Gasteiger partial charge in [0.15, 0.2) is 0 Å². The highest BCUT2D eigenvalue weighted by atomic mass is 35.5. The van der Waals surface area contributed by atoms with Crippen LogP contribution in [-0.4, -0.2) is 19.6 Å². The Labute approximate surface area is 151 Å². The molecule has 5 nitrogen and oxygen atoms in total. The molecule has 1 N–H and O–H groups in total. The van der Waals surface area contributed by atoms with Crippen LogP contribution in [0.25, 0.3) is 6.08 Å². The number of anilines is 1. The molecule has 0 aliphatic heterocycles. The van der Waals surface area contributed by atoms with Crippen LogP contribution in [0.5, 0.6) is 11.5 Å². The maximum absolute atomic E-state index is 12.3. The molecule has 0 aliphatic rings. The van der Waals surface area contributed by atoms with Crippen molar-refractivity contribution >= 4 is 29.3 Å². The number of nitrogens with zero attached hydrogens (tertiary/aromatic N) is 1. The Morgan fingerprint density at radius 3 is 2.76 bits per heavy atom. The molecule has 0 aromatic heterocycles. The van der Waals surface area contributed by atoms with E-state index >= 15 is 0 Å². The van der Waals surface area contributed by atoms with E-state index in [9.17, 15) is 10.1 Å². The summed E-state index contributed by atoms with van der Waals surface area (Å²) in [5.41, 5.74) is 1.13. The van der Waals surface area contributed by atoms with E-state index in [0.717, 1.165) is 0 Å². The summed E-state index contributed by atoms with van der Waals surface area (Å²) in [6.07, 6.45) is 1.47. The first kappa shape index (κ1) is 18.4. The molecule has 2 aromatic rings. The van der Waals surface area contributed by atoms with E-state index < -0.39 is 5.91 Å². The van der Waals surface area contributed by atoms with E-state index in [-0.39, 0.29) is 5.57 Å². The van der Waals surface area contributed by atoms with Crippen molar-refractivity contribution in [2.24, 2.45) is 0 Å². The molecule has 0 aliphatic carbocycles. The molecule has 0 spiro atoms. The van der Waals surface area contributed by atoms with Crippen molar-refractivity contribution in [3.8, 4) is 17.6 Å². The van der Waals surface area contributed by atoms with E-state index in [1.54, 1.807) is 42.5 Å². The van der Waals surface area contributed by atoms with Crippen molar-refractivity contribution in [2.45, 2.75) is 6.92 Å². The minimum Gasteiger partial charge on any atom is -0.497 e. The Morgan fingerprint density at radius 1 is 1.32 bits per heavy atom. The smallest absolute Gasteiger partial charge is 0.266 e. The number of nitriles is 1. The number of halogens is 1. The number of nitrogens with one attached hydrogen (secondary N) is 1. The lowest BCUT2D eigenvalue weighted by Gasteiger charge is -2.07. The highest BCUT2D eigenvalue weighted by molar-refractivity contribution is 6.32. The zero-order valence-corrected chi connectivity index (χ0v) is 14.6. The van der Waals surface area contributed by atoms with Gasteiger partial charge in [0.2, 0.25) is 0 Å². The van der Waals surface area contributed by atoms with Crippen LogP contribution in [0.15, 0.2) is 48.0 Å². The number of benzene rings is 2. The van der Waals surface area contributed by atoms with Crippen LogP contribution in [-0.2, 0) is 4.79 Å². The second-order valence-corrected chi connectivity index (χ2v) is 5.39. The molecule has 0 saturated heterocycles. The third-order valence-corrected chi connectivity index (χ3v) is 3.55. The molecule has 0 atom stereocenters. The molecule has 2 rings (SSSR count). The third-order valence-electron chi connectivity index (χ3n) is 3.26. The van der Waals surface area contributed by atoms with Crippen LogP contribution in [0.4, 0.5) is 5.69 Å². The van der Waals surface area contributed by atoms with Gasteiger partial charge in [0, 0.05) is 11.8 Å². The van der Waals surface area contributed by atoms with Gasteiger partial charge in [-0.05, 0) is 42.8 Å². The molecule has 0 fully saturated rings. The summed E-state index contributed by atoms with van der Waals surface area (Å²) in [4.78, 5) is 12.3. The van der Waals surface area contributed by atoms with Gasteiger partial charge < -0.3 is 14.8 Å². The Balaban J connectivity index is 2.20. The SMILES string of the molecule is CCOc1ccc(C=C(C#N)C(=O)Nc2cccc(OC)c2)cc1Cl. The maximum Gasteiger partial charge on any atom is 0.266 e. The lowest BCUT2D eigenvalue weighted by Crippen LogP contribution is -2.13. The van der Waals surface area contributed by atoms with Crippen molar-refractivity contribution in [3.05, 3.63) is 58.6 Å².